The van der Waals surface area contributed by atoms with Gasteiger partial charge >= 0.3 is 10.4 Å². The van der Waals surface area contributed by atoms with Gasteiger partial charge in [-0.15, -0.1) is 4.33 Å². The summed E-state index contributed by atoms with van der Waals surface area (Å²) in [5.74, 6) is -2.09. The number of benzene rings is 3. The minimum absolute atomic E-state index is 0.145. The van der Waals surface area contributed by atoms with Crippen LogP contribution in [0.1, 0.15) is 0 Å². The van der Waals surface area contributed by atoms with E-state index in [1.165, 1.54) is 0 Å². The van der Waals surface area contributed by atoms with Crippen LogP contribution >= 0.6 is 12.0 Å². The molecule has 26 heteroatoms. The number of hydrogen-bond donors (Lipinski definition) is 6. The van der Waals surface area contributed by atoms with E-state index in [0.29, 0.717) is 12.1 Å². The molecule has 0 fully saturated rings. The van der Waals surface area contributed by atoms with Crippen molar-refractivity contribution in [1.82, 2.24) is 0 Å². The van der Waals surface area contributed by atoms with Gasteiger partial charge in [0.1, 0.15) is 15.9 Å². The second kappa shape index (κ2) is 14.4. The van der Waals surface area contributed by atoms with Gasteiger partial charge in [-0.1, -0.05) is 5.04 Å². The van der Waals surface area contributed by atoms with Crippen molar-refractivity contribution in [2.75, 3.05) is 23.2 Å². The lowest BCUT2D eigenvalue weighted by molar-refractivity contribution is -0.432. The van der Waals surface area contributed by atoms with E-state index in [-0.39, 0.29) is 22.6 Å². The number of nitro benzene ring substituents is 1. The smallest absolute Gasteiger partial charge is 0.397 e. The molecule has 0 atom stereocenters. The molecule has 0 aliphatic rings. The van der Waals surface area contributed by atoms with Crippen LogP contribution in [0, 0.1) is 10.1 Å². The first-order chi connectivity index (χ1) is 21.3. The summed E-state index contributed by atoms with van der Waals surface area (Å²) in [6.07, 6.45) is 0. The normalized spacial score (nSPS) is 13.1. The fourth-order valence-corrected chi connectivity index (χ4v) is 5.92. The fourth-order valence-electron chi connectivity index (χ4n) is 3.23. The van der Waals surface area contributed by atoms with Crippen molar-refractivity contribution < 1.29 is 63.2 Å². The highest BCUT2D eigenvalue weighted by molar-refractivity contribution is 7.95. The minimum Gasteiger partial charge on any atom is -0.504 e. The van der Waals surface area contributed by atoms with Gasteiger partial charge in [-0.2, -0.15) is 27.0 Å². The van der Waals surface area contributed by atoms with E-state index in [0.717, 1.165) is 30.3 Å². The van der Waals surface area contributed by atoms with E-state index in [9.17, 15) is 54.6 Å². The number of non-ortho nitro benzene ring substituents is 1. The Kier molecular flexibility index (Phi) is 11.3. The molecule has 22 nitrogen and oxygen atoms in total. The molecule has 3 aromatic carbocycles. The third-order valence-electron chi connectivity index (χ3n) is 5.26. The molecule has 0 aliphatic carbocycles. The Labute approximate surface area is 259 Å². The van der Waals surface area contributed by atoms with Gasteiger partial charge in [-0.25, -0.2) is 17.9 Å². The predicted molar refractivity (Wildman–Crippen MR) is 151 cm³/mol. The number of nitrogens with zero attached hydrogens (tertiary/aromatic N) is 3. The molecule has 6 N–H and O–H groups in total. The zero-order valence-corrected chi connectivity index (χ0v) is 25.3. The third-order valence-corrected chi connectivity index (χ3v) is 8.91. The Morgan fingerprint density at radius 3 is 2.22 bits per heavy atom. The van der Waals surface area contributed by atoms with E-state index < -0.39 is 96.1 Å². The van der Waals surface area contributed by atoms with Crippen LogP contribution in [0.4, 0.5) is 17.1 Å². The van der Waals surface area contributed by atoms with Crippen LogP contribution in [-0.4, -0.2) is 62.0 Å². The summed E-state index contributed by atoms with van der Waals surface area (Å²) < 4.78 is 95.6. The summed E-state index contributed by atoms with van der Waals surface area (Å²) in [5, 5.41) is 39.2. The summed E-state index contributed by atoms with van der Waals surface area (Å²) in [6.45, 7) is -0.938. The molecule has 46 heavy (non-hydrogen) atoms. The standard InChI is InChI=1S/C20H17N5O17S4/c26-15-4-3-13(22-23-14-7-10(25(29)30)8-17(19(14)27)45(34,35)36)20(28)18(15)24-21-12-2-1-11(9-16(12)43-42-41-31)44(32,33)6-5-40-46(37,38)39/h1-4,7-9,21,23,27,31H,5-6H2,(H,34,35,36)(H,37,38,39). The van der Waals surface area contributed by atoms with Crippen molar-refractivity contribution in [2.45, 2.75) is 14.7 Å². The van der Waals surface area contributed by atoms with E-state index in [1.807, 2.05) is 5.43 Å². The maximum Gasteiger partial charge on any atom is 0.397 e. The van der Waals surface area contributed by atoms with Gasteiger partial charge in [0.25, 0.3) is 15.8 Å². The van der Waals surface area contributed by atoms with Crippen molar-refractivity contribution in [1.29, 1.82) is 0 Å². The maximum absolute atomic E-state index is 12.9. The Hall–Kier alpha value is -4.38. The van der Waals surface area contributed by atoms with Gasteiger partial charge in [0.2, 0.25) is 10.9 Å². The molecule has 0 radical (unpaired) electrons. The van der Waals surface area contributed by atoms with Crippen LogP contribution in [0.3, 0.4) is 0 Å². The van der Waals surface area contributed by atoms with Gasteiger partial charge in [-0.05, 0) is 30.3 Å². The van der Waals surface area contributed by atoms with Crippen molar-refractivity contribution in [3.8, 4) is 5.75 Å². The van der Waals surface area contributed by atoms with Crippen molar-refractivity contribution >= 4 is 59.5 Å². The van der Waals surface area contributed by atoms with Crippen molar-refractivity contribution in [3.63, 3.8) is 0 Å². The largest absolute Gasteiger partial charge is 0.504 e. The van der Waals surface area contributed by atoms with E-state index in [4.69, 9.17) is 9.81 Å². The highest BCUT2D eigenvalue weighted by Gasteiger charge is 2.24. The first-order valence-electron chi connectivity index (χ1n) is 11.4. The molecule has 0 saturated heterocycles. The lowest BCUT2D eigenvalue weighted by atomic mass is 10.2. The number of hydrogen-bond acceptors (Lipinski definition) is 20. The number of nitrogens with one attached hydrogen (secondary N) is 2. The van der Waals surface area contributed by atoms with E-state index >= 15 is 0 Å². The molecule has 3 rings (SSSR count). The van der Waals surface area contributed by atoms with Crippen LogP contribution in [0.25, 0.3) is 0 Å². The minimum atomic E-state index is -5.14. The topological polar surface area (TPSA) is 337 Å². The predicted octanol–water partition coefficient (Wildman–Crippen LogP) is -0.980. The zero-order chi connectivity index (χ0) is 34.4. The molecule has 0 bridgehead atoms. The molecule has 3 aromatic rings. The highest BCUT2D eigenvalue weighted by Crippen LogP contribution is 2.35. The molecule has 248 valence electrons. The molecule has 0 spiro atoms. The molecular formula is C20H17N5O17S4. The lowest BCUT2D eigenvalue weighted by Crippen LogP contribution is -2.48. The fraction of sp³-hybridized carbons (Fsp3) is 0.100. The summed E-state index contributed by atoms with van der Waals surface area (Å²) in [6, 6.07) is 5.69. The SMILES string of the molecule is O=c1ccc(=NNc2cc([N+](=O)[O-])cc(S(=O)(=O)O)c2O)c(=O)c1=NNc1ccc(S(=O)(=O)CCOS(=O)(=O)O)cc1SOOO. The Bertz CT molecular complexity index is 2230. The van der Waals surface area contributed by atoms with Gasteiger partial charge in [-0.3, -0.25) is 39.7 Å². The quantitative estimate of drug-likeness (QED) is 0.0290. The van der Waals surface area contributed by atoms with Gasteiger partial charge in [0.05, 0.1) is 44.8 Å². The number of phenols is 1. The van der Waals surface area contributed by atoms with Crippen molar-refractivity contribution in [3.05, 3.63) is 83.7 Å². The first kappa shape index (κ1) is 36.1. The van der Waals surface area contributed by atoms with Crippen LogP contribution in [0.5, 0.6) is 5.75 Å². The monoisotopic (exact) mass is 727 g/mol. The zero-order valence-electron chi connectivity index (χ0n) is 22.0. The number of sulfone groups is 1. The van der Waals surface area contributed by atoms with E-state index in [1.54, 1.807) is 0 Å². The number of aromatic hydroxyl groups is 1. The number of rotatable bonds is 14. The van der Waals surface area contributed by atoms with Crippen LogP contribution in [0.15, 0.2) is 76.9 Å². The Morgan fingerprint density at radius 2 is 1.61 bits per heavy atom. The van der Waals surface area contributed by atoms with Gasteiger partial charge < -0.3 is 5.11 Å². The number of anilines is 2. The maximum atomic E-state index is 12.9. The van der Waals surface area contributed by atoms with Gasteiger partial charge in [0, 0.05) is 12.1 Å². The summed E-state index contributed by atoms with van der Waals surface area (Å²) >= 11 is 0.222. The molecule has 0 aromatic heterocycles. The highest BCUT2D eigenvalue weighted by atomic mass is 32.3. The number of phenolic OH excluding ortho intramolecular Hbond substituents is 1. The average Bonchev–Trinajstić information content (AvgIpc) is 2.94. The number of nitro groups is 1. The summed E-state index contributed by atoms with van der Waals surface area (Å²) in [4.78, 5) is 33.6. The Balaban J connectivity index is 2.01. The second-order valence-electron chi connectivity index (χ2n) is 8.23. The van der Waals surface area contributed by atoms with Crippen LogP contribution < -0.4 is 32.4 Å². The molecular weight excluding hydrogens is 711 g/mol. The van der Waals surface area contributed by atoms with E-state index in [2.05, 4.69) is 29.2 Å². The second-order valence-corrected chi connectivity index (χ2v) is 13.6. The molecule has 0 heterocycles. The van der Waals surface area contributed by atoms with Gasteiger partial charge in [0.15, 0.2) is 20.9 Å². The molecule has 0 unspecified atom stereocenters. The van der Waals surface area contributed by atoms with Crippen LogP contribution in [-0.2, 0) is 43.9 Å². The average molecular weight is 728 g/mol. The summed E-state index contributed by atoms with van der Waals surface area (Å²) in [5.41, 5.74) is 0.431. The van der Waals surface area contributed by atoms with Crippen molar-refractivity contribution in [2.24, 2.45) is 10.2 Å². The molecule has 0 saturated carbocycles. The van der Waals surface area contributed by atoms with Crippen LogP contribution in [0.2, 0.25) is 0 Å². The molecule has 0 amide bonds. The third kappa shape index (κ3) is 9.32. The lowest BCUT2D eigenvalue weighted by Gasteiger charge is -2.10. The Morgan fingerprint density at radius 1 is 0.935 bits per heavy atom. The molecule has 0 aliphatic heterocycles. The summed E-state index contributed by atoms with van der Waals surface area (Å²) in [7, 11) is -14.3. The first-order valence-corrected chi connectivity index (χ1v) is 16.6.